The lowest BCUT2D eigenvalue weighted by molar-refractivity contribution is -0.141. The van der Waals surface area contributed by atoms with Crippen molar-refractivity contribution in [2.24, 2.45) is 0 Å². The van der Waals surface area contributed by atoms with Crippen LogP contribution in [-0.4, -0.2) is 58.9 Å². The van der Waals surface area contributed by atoms with Crippen molar-refractivity contribution in [3.8, 4) is 0 Å². The van der Waals surface area contributed by atoms with Crippen molar-refractivity contribution in [1.29, 1.82) is 0 Å². The van der Waals surface area contributed by atoms with Crippen molar-refractivity contribution < 1.29 is 19.5 Å². The number of hydrogen-bond acceptors (Lipinski definition) is 4. The second kappa shape index (κ2) is 5.07. The van der Waals surface area contributed by atoms with Crippen molar-refractivity contribution in [1.82, 2.24) is 9.80 Å². The predicted octanol–water partition coefficient (Wildman–Crippen LogP) is -0.460. The average molecular weight is 228 g/mol. The highest BCUT2D eigenvalue weighted by Gasteiger charge is 2.39. The average Bonchev–Trinajstić information content (AvgIpc) is 2.50. The number of amides is 2. The molecule has 1 rings (SSSR count). The van der Waals surface area contributed by atoms with Gasteiger partial charge < -0.3 is 5.11 Å². The van der Waals surface area contributed by atoms with Crippen molar-refractivity contribution in [2.75, 3.05) is 20.1 Å². The van der Waals surface area contributed by atoms with Crippen molar-refractivity contribution in [3.05, 3.63) is 0 Å². The van der Waals surface area contributed by atoms with Gasteiger partial charge in [-0.3, -0.25) is 24.2 Å². The number of nitrogens with zero attached hydrogens (tertiary/aromatic N) is 2. The van der Waals surface area contributed by atoms with Crippen LogP contribution in [0.15, 0.2) is 0 Å². The lowest BCUT2D eigenvalue weighted by Crippen LogP contribution is -2.40. The van der Waals surface area contributed by atoms with Crippen LogP contribution in [0.4, 0.5) is 0 Å². The van der Waals surface area contributed by atoms with Crippen LogP contribution < -0.4 is 0 Å². The molecule has 0 spiro atoms. The predicted molar refractivity (Wildman–Crippen MR) is 55.7 cm³/mol. The highest BCUT2D eigenvalue weighted by atomic mass is 16.4. The molecule has 0 aromatic heterocycles. The first-order valence-electron chi connectivity index (χ1n) is 5.23. The molecule has 1 heterocycles. The van der Waals surface area contributed by atoms with E-state index in [-0.39, 0.29) is 31.2 Å². The Morgan fingerprint density at radius 1 is 1.56 bits per heavy atom. The lowest BCUT2D eigenvalue weighted by atomic mass is 10.2. The Morgan fingerprint density at radius 3 is 2.62 bits per heavy atom. The van der Waals surface area contributed by atoms with E-state index in [4.69, 9.17) is 5.11 Å². The van der Waals surface area contributed by atoms with Gasteiger partial charge in [0.2, 0.25) is 11.8 Å². The molecule has 0 aliphatic carbocycles. The number of likely N-dealkylation sites (tertiary alicyclic amines) is 1. The summed E-state index contributed by atoms with van der Waals surface area (Å²) in [6.07, 6.45) is 0.128. The molecule has 1 aliphatic heterocycles. The zero-order chi connectivity index (χ0) is 12.3. The maximum absolute atomic E-state index is 11.7. The summed E-state index contributed by atoms with van der Waals surface area (Å²) < 4.78 is 0. The Bertz CT molecular complexity index is 316. The van der Waals surface area contributed by atoms with Crippen molar-refractivity contribution in [2.45, 2.75) is 25.8 Å². The molecule has 0 radical (unpaired) electrons. The third-order valence-corrected chi connectivity index (χ3v) is 2.75. The molecule has 0 aromatic carbocycles. The van der Waals surface area contributed by atoms with Crippen LogP contribution >= 0.6 is 0 Å². The molecule has 1 N–H and O–H groups in total. The molecule has 16 heavy (non-hydrogen) atoms. The van der Waals surface area contributed by atoms with Crippen LogP contribution in [0.5, 0.6) is 0 Å². The number of carboxylic acids is 1. The Balaban J connectivity index is 2.58. The SMILES string of the molecule is CCN1C(=O)CC(N(C)CCC(=O)O)C1=O. The summed E-state index contributed by atoms with van der Waals surface area (Å²) in [5, 5.41) is 8.53. The molecular formula is C10H16N2O4. The largest absolute Gasteiger partial charge is 0.481 e. The van der Waals surface area contributed by atoms with Crippen LogP contribution in [0.1, 0.15) is 19.8 Å². The number of aliphatic carboxylic acids is 1. The molecule has 90 valence electrons. The van der Waals surface area contributed by atoms with E-state index in [9.17, 15) is 14.4 Å². The fourth-order valence-corrected chi connectivity index (χ4v) is 1.77. The number of likely N-dealkylation sites (N-methyl/N-ethyl adjacent to an activating group) is 2. The van der Waals surface area contributed by atoms with E-state index in [1.54, 1.807) is 18.9 Å². The molecule has 6 nitrogen and oxygen atoms in total. The molecule has 1 unspecified atom stereocenters. The molecule has 6 heteroatoms. The first-order chi connectivity index (χ1) is 7.47. The second-order valence-corrected chi connectivity index (χ2v) is 3.82. The van der Waals surface area contributed by atoms with E-state index in [0.717, 1.165) is 0 Å². The summed E-state index contributed by atoms with van der Waals surface area (Å²) in [7, 11) is 1.66. The first-order valence-corrected chi connectivity index (χ1v) is 5.23. The minimum absolute atomic E-state index is 0.0272. The molecule has 1 saturated heterocycles. The lowest BCUT2D eigenvalue weighted by Gasteiger charge is -2.21. The van der Waals surface area contributed by atoms with Gasteiger partial charge in [-0.1, -0.05) is 0 Å². The zero-order valence-electron chi connectivity index (χ0n) is 9.47. The summed E-state index contributed by atoms with van der Waals surface area (Å²) in [5.74, 6) is -1.31. The number of carboxylic acid groups (broad SMARTS) is 1. The van der Waals surface area contributed by atoms with Gasteiger partial charge in [0.25, 0.3) is 0 Å². The molecule has 1 aliphatic rings. The monoisotopic (exact) mass is 228 g/mol. The summed E-state index contributed by atoms with van der Waals surface area (Å²) in [4.78, 5) is 36.4. The Hall–Kier alpha value is -1.43. The minimum atomic E-state index is -0.907. The van der Waals surface area contributed by atoms with Gasteiger partial charge in [0.1, 0.15) is 0 Å². The van der Waals surface area contributed by atoms with E-state index in [1.807, 2.05) is 0 Å². The number of carbonyl (C=O) groups excluding carboxylic acids is 2. The van der Waals surface area contributed by atoms with Gasteiger partial charge in [-0.15, -0.1) is 0 Å². The quantitative estimate of drug-likeness (QED) is 0.644. The number of hydrogen-bond donors (Lipinski definition) is 1. The van der Waals surface area contributed by atoms with E-state index in [2.05, 4.69) is 0 Å². The summed E-state index contributed by atoms with van der Waals surface area (Å²) in [5.41, 5.74) is 0. The van der Waals surface area contributed by atoms with Gasteiger partial charge in [-0.2, -0.15) is 0 Å². The van der Waals surface area contributed by atoms with Gasteiger partial charge in [0.05, 0.1) is 18.9 Å². The van der Waals surface area contributed by atoms with Crippen LogP contribution in [0.25, 0.3) is 0 Å². The third kappa shape index (κ3) is 2.57. The Morgan fingerprint density at radius 2 is 2.19 bits per heavy atom. The smallest absolute Gasteiger partial charge is 0.304 e. The molecule has 2 amide bonds. The molecule has 0 bridgehead atoms. The molecule has 0 saturated carbocycles. The maximum Gasteiger partial charge on any atom is 0.304 e. The minimum Gasteiger partial charge on any atom is -0.481 e. The van der Waals surface area contributed by atoms with Crippen LogP contribution in [0.3, 0.4) is 0 Å². The molecule has 1 fully saturated rings. The third-order valence-electron chi connectivity index (χ3n) is 2.75. The Labute approximate surface area is 93.8 Å². The van der Waals surface area contributed by atoms with Crippen LogP contribution in [-0.2, 0) is 14.4 Å². The number of carbonyl (C=O) groups is 3. The standard InChI is InChI=1S/C10H16N2O4/c1-3-12-8(13)6-7(10(12)16)11(2)5-4-9(14)15/h7H,3-6H2,1-2H3,(H,14,15). The van der Waals surface area contributed by atoms with E-state index in [0.29, 0.717) is 6.54 Å². The molecule has 0 aromatic rings. The van der Waals surface area contributed by atoms with E-state index >= 15 is 0 Å². The molecule has 1 atom stereocenters. The van der Waals surface area contributed by atoms with Gasteiger partial charge in [-0.05, 0) is 14.0 Å². The highest BCUT2D eigenvalue weighted by molar-refractivity contribution is 6.05. The zero-order valence-corrected chi connectivity index (χ0v) is 9.47. The number of imide groups is 1. The van der Waals surface area contributed by atoms with Crippen LogP contribution in [0.2, 0.25) is 0 Å². The maximum atomic E-state index is 11.7. The first kappa shape index (κ1) is 12.6. The van der Waals surface area contributed by atoms with E-state index < -0.39 is 12.0 Å². The fraction of sp³-hybridized carbons (Fsp3) is 0.700. The molecular weight excluding hydrogens is 212 g/mol. The topological polar surface area (TPSA) is 77.9 Å². The van der Waals surface area contributed by atoms with Crippen molar-refractivity contribution >= 4 is 17.8 Å². The van der Waals surface area contributed by atoms with Crippen molar-refractivity contribution in [3.63, 3.8) is 0 Å². The highest BCUT2D eigenvalue weighted by Crippen LogP contribution is 2.17. The van der Waals surface area contributed by atoms with E-state index in [1.165, 1.54) is 4.90 Å². The van der Waals surface area contributed by atoms with Gasteiger partial charge in [0, 0.05) is 13.1 Å². The van der Waals surface area contributed by atoms with Gasteiger partial charge >= 0.3 is 5.97 Å². The fourth-order valence-electron chi connectivity index (χ4n) is 1.77. The summed E-state index contributed by atoms with van der Waals surface area (Å²) in [6, 6.07) is -0.494. The van der Waals surface area contributed by atoms with Gasteiger partial charge in [-0.25, -0.2) is 0 Å². The van der Waals surface area contributed by atoms with Crippen LogP contribution in [0, 0.1) is 0 Å². The normalized spacial score (nSPS) is 20.9. The summed E-state index contributed by atoms with van der Waals surface area (Å²) >= 11 is 0. The number of rotatable bonds is 5. The summed E-state index contributed by atoms with van der Waals surface area (Å²) in [6.45, 7) is 2.40. The van der Waals surface area contributed by atoms with Gasteiger partial charge in [0.15, 0.2) is 0 Å². The second-order valence-electron chi connectivity index (χ2n) is 3.82. The Kier molecular flexibility index (Phi) is 4.00.